The van der Waals surface area contributed by atoms with Gasteiger partial charge in [0.2, 0.25) is 10.0 Å². The summed E-state index contributed by atoms with van der Waals surface area (Å²) < 4.78 is 25.4. The minimum absolute atomic E-state index is 0. The van der Waals surface area contributed by atoms with E-state index in [9.17, 15) is 18.3 Å². The van der Waals surface area contributed by atoms with E-state index >= 15 is 0 Å². The number of hydrogen-bond acceptors (Lipinski definition) is 4. The van der Waals surface area contributed by atoms with E-state index in [0.29, 0.717) is 23.1 Å². The van der Waals surface area contributed by atoms with Crippen molar-refractivity contribution >= 4 is 21.6 Å². The van der Waals surface area contributed by atoms with Gasteiger partial charge in [-0.05, 0) is 30.5 Å². The molecule has 8 heteroatoms. The number of sulfonamides is 1. The zero-order valence-corrected chi connectivity index (χ0v) is 19.9. The van der Waals surface area contributed by atoms with E-state index < -0.39 is 16.1 Å². The first-order valence-electron chi connectivity index (χ1n) is 9.76. The highest BCUT2D eigenvalue weighted by Gasteiger charge is 2.32. The highest BCUT2D eigenvalue weighted by atomic mass is 79.9. The van der Waals surface area contributed by atoms with Gasteiger partial charge in [-0.3, -0.25) is 9.21 Å². The smallest absolute Gasteiger partial charge is 0.310 e. The third kappa shape index (κ3) is 9.03. The second-order valence-electron chi connectivity index (χ2n) is 7.34. The molecule has 0 aliphatic heterocycles. The fourth-order valence-corrected chi connectivity index (χ4v) is 3.82. The summed E-state index contributed by atoms with van der Waals surface area (Å²) in [6.45, 7) is 8.14. The standard InChI is InChI=1S/C20H35N2O4S.BrH/c1-5-7-14-22(17(3)23,15-8-6-2)16-13-20(24)18-9-11-19(12-10-18)21-27(4,25)26;/h9-12,20-21,24H,5-8,13-16H2,1-4H3;1H/q+1;/p-1. The Hall–Kier alpha value is -0.960. The van der Waals surface area contributed by atoms with Crippen molar-refractivity contribution in [3.8, 4) is 0 Å². The van der Waals surface area contributed by atoms with E-state index in [1.54, 1.807) is 31.2 Å². The van der Waals surface area contributed by atoms with Gasteiger partial charge in [-0.1, -0.05) is 38.8 Å². The van der Waals surface area contributed by atoms with Crippen LogP contribution < -0.4 is 21.7 Å². The lowest BCUT2D eigenvalue weighted by Gasteiger charge is -2.36. The highest BCUT2D eigenvalue weighted by Crippen LogP contribution is 2.23. The van der Waals surface area contributed by atoms with Crippen molar-refractivity contribution in [1.82, 2.24) is 0 Å². The lowest BCUT2D eigenvalue weighted by Crippen LogP contribution is -3.00. The maximum Gasteiger partial charge on any atom is 0.310 e. The number of unbranched alkanes of at least 4 members (excludes halogenated alkanes) is 2. The summed E-state index contributed by atoms with van der Waals surface area (Å²) in [5.41, 5.74) is 1.19. The van der Waals surface area contributed by atoms with Crippen LogP contribution in [0.15, 0.2) is 24.3 Å². The Morgan fingerprint density at radius 2 is 1.57 bits per heavy atom. The molecule has 1 unspecified atom stereocenters. The number of quaternary nitrogens is 1. The molecule has 162 valence electrons. The molecule has 0 aliphatic rings. The molecule has 0 aliphatic carbocycles. The molecule has 0 saturated heterocycles. The molecule has 0 spiro atoms. The van der Waals surface area contributed by atoms with Crippen molar-refractivity contribution in [2.24, 2.45) is 0 Å². The highest BCUT2D eigenvalue weighted by molar-refractivity contribution is 7.92. The number of aliphatic hydroxyl groups excluding tert-OH is 1. The molecule has 0 bridgehead atoms. The van der Waals surface area contributed by atoms with Crippen LogP contribution in [0.3, 0.4) is 0 Å². The molecule has 0 fully saturated rings. The van der Waals surface area contributed by atoms with E-state index in [1.807, 2.05) is 0 Å². The third-order valence-electron chi connectivity index (χ3n) is 4.98. The average molecular weight is 479 g/mol. The predicted octanol–water partition coefficient (Wildman–Crippen LogP) is 0.449. The molecule has 6 nitrogen and oxygen atoms in total. The van der Waals surface area contributed by atoms with Crippen molar-refractivity contribution in [2.45, 2.75) is 59.0 Å². The summed E-state index contributed by atoms with van der Waals surface area (Å²) in [7, 11) is -3.32. The minimum atomic E-state index is -3.32. The summed E-state index contributed by atoms with van der Waals surface area (Å²) in [6.07, 6.45) is 4.97. The van der Waals surface area contributed by atoms with Crippen molar-refractivity contribution in [3.63, 3.8) is 0 Å². The van der Waals surface area contributed by atoms with Crippen LogP contribution in [0.1, 0.15) is 64.5 Å². The molecule has 0 heterocycles. The Balaban J connectivity index is 0.00000729. The van der Waals surface area contributed by atoms with Crippen molar-refractivity contribution in [3.05, 3.63) is 29.8 Å². The van der Waals surface area contributed by atoms with E-state index in [-0.39, 0.29) is 22.9 Å². The summed E-state index contributed by atoms with van der Waals surface area (Å²) in [6, 6.07) is 6.72. The Bertz CT molecular complexity index is 685. The number of aliphatic hydroxyl groups is 1. The number of nitrogens with one attached hydrogen (secondary N) is 1. The first kappa shape index (κ1) is 27.0. The number of carbonyl (C=O) groups is 1. The lowest BCUT2D eigenvalue weighted by molar-refractivity contribution is -0.855. The number of nitrogens with zero attached hydrogens (tertiary/aromatic N) is 1. The van der Waals surface area contributed by atoms with Gasteiger partial charge in [0.25, 0.3) is 0 Å². The first-order chi connectivity index (χ1) is 12.6. The summed E-state index contributed by atoms with van der Waals surface area (Å²) in [4.78, 5) is 12.4. The Kier molecular flexibility index (Phi) is 12.1. The predicted molar refractivity (Wildman–Crippen MR) is 110 cm³/mol. The van der Waals surface area contributed by atoms with Gasteiger partial charge in [0.15, 0.2) is 0 Å². The first-order valence-corrected chi connectivity index (χ1v) is 11.7. The number of benzene rings is 1. The van der Waals surface area contributed by atoms with E-state index in [4.69, 9.17) is 0 Å². The number of hydrogen-bond donors (Lipinski definition) is 2. The van der Waals surface area contributed by atoms with Gasteiger partial charge in [-0.25, -0.2) is 13.2 Å². The second kappa shape index (κ2) is 12.6. The molecule has 0 radical (unpaired) electrons. The van der Waals surface area contributed by atoms with Crippen LogP contribution in [0, 0.1) is 0 Å². The Morgan fingerprint density at radius 3 is 1.96 bits per heavy atom. The Morgan fingerprint density at radius 1 is 1.07 bits per heavy atom. The SMILES string of the molecule is CCCC[N+](CCCC)(CCC(O)c1ccc(NS(C)(=O)=O)cc1)C(C)=O.[Br-]. The van der Waals surface area contributed by atoms with Crippen LogP contribution in [0.25, 0.3) is 0 Å². The molecule has 1 atom stereocenters. The third-order valence-corrected chi connectivity index (χ3v) is 5.58. The molecular formula is C20H35BrN2O4S. The van der Waals surface area contributed by atoms with Crippen LogP contribution in [-0.4, -0.2) is 49.8 Å². The zero-order chi connectivity index (χ0) is 20.5. The minimum Gasteiger partial charge on any atom is -1.00 e. The van der Waals surface area contributed by atoms with Crippen LogP contribution in [0.2, 0.25) is 0 Å². The van der Waals surface area contributed by atoms with E-state index in [0.717, 1.165) is 50.6 Å². The van der Waals surface area contributed by atoms with Gasteiger partial charge < -0.3 is 22.1 Å². The van der Waals surface area contributed by atoms with Gasteiger partial charge >= 0.3 is 5.91 Å². The van der Waals surface area contributed by atoms with Crippen LogP contribution in [0.4, 0.5) is 5.69 Å². The molecule has 0 aromatic heterocycles. The Labute approximate surface area is 180 Å². The van der Waals surface area contributed by atoms with Crippen LogP contribution in [0.5, 0.6) is 0 Å². The monoisotopic (exact) mass is 478 g/mol. The fourth-order valence-electron chi connectivity index (χ4n) is 3.25. The fraction of sp³-hybridized carbons (Fsp3) is 0.650. The summed E-state index contributed by atoms with van der Waals surface area (Å²) in [5, 5.41) is 10.6. The van der Waals surface area contributed by atoms with E-state index in [2.05, 4.69) is 18.6 Å². The van der Waals surface area contributed by atoms with Gasteiger partial charge in [0.05, 0.1) is 38.9 Å². The lowest BCUT2D eigenvalue weighted by atomic mass is 10.0. The normalized spacial score (nSPS) is 12.9. The number of halogens is 1. The maximum atomic E-state index is 12.4. The molecule has 1 aromatic rings. The van der Waals surface area contributed by atoms with Crippen molar-refractivity contribution in [1.29, 1.82) is 0 Å². The molecule has 0 saturated carbocycles. The molecule has 1 amide bonds. The van der Waals surface area contributed by atoms with Crippen LogP contribution in [-0.2, 0) is 14.8 Å². The maximum absolute atomic E-state index is 12.4. The summed E-state index contributed by atoms with van der Waals surface area (Å²) >= 11 is 0. The quantitative estimate of drug-likeness (QED) is 0.427. The average Bonchev–Trinajstić information content (AvgIpc) is 2.60. The molecule has 2 N–H and O–H groups in total. The number of anilines is 1. The van der Waals surface area contributed by atoms with Gasteiger partial charge in [0.1, 0.15) is 0 Å². The number of rotatable bonds is 12. The van der Waals surface area contributed by atoms with Gasteiger partial charge in [-0.15, -0.1) is 0 Å². The number of carbonyl (C=O) groups excluding carboxylic acids is 1. The molecule has 1 aromatic carbocycles. The summed E-state index contributed by atoms with van der Waals surface area (Å²) in [5.74, 6) is 0.164. The van der Waals surface area contributed by atoms with E-state index in [1.165, 1.54) is 0 Å². The second-order valence-corrected chi connectivity index (χ2v) is 9.09. The van der Waals surface area contributed by atoms with Crippen molar-refractivity contribution < 1.29 is 39.8 Å². The topological polar surface area (TPSA) is 83.5 Å². The largest absolute Gasteiger partial charge is 1.00 e. The molecular weight excluding hydrogens is 444 g/mol. The zero-order valence-electron chi connectivity index (χ0n) is 17.4. The van der Waals surface area contributed by atoms with Gasteiger partial charge in [0, 0.05) is 12.1 Å². The van der Waals surface area contributed by atoms with Gasteiger partial charge in [-0.2, -0.15) is 0 Å². The van der Waals surface area contributed by atoms with Crippen LogP contribution >= 0.6 is 0 Å². The molecule has 1 rings (SSSR count). The van der Waals surface area contributed by atoms with Crippen molar-refractivity contribution in [2.75, 3.05) is 30.6 Å². The number of amides is 1. The molecule has 28 heavy (non-hydrogen) atoms.